The predicted molar refractivity (Wildman–Crippen MR) is 133 cm³/mol. The van der Waals surface area contributed by atoms with Crippen molar-refractivity contribution in [3.05, 3.63) is 53.6 Å². The van der Waals surface area contributed by atoms with Gasteiger partial charge in [0.1, 0.15) is 11.6 Å². The quantitative estimate of drug-likeness (QED) is 0.445. The van der Waals surface area contributed by atoms with E-state index in [1.807, 2.05) is 30.3 Å². The first-order valence-electron chi connectivity index (χ1n) is 11.0. The Morgan fingerprint density at radius 1 is 1.21 bits per heavy atom. The average Bonchev–Trinajstić information content (AvgIpc) is 2.91. The Kier molecular flexibility index (Phi) is 5.62. The van der Waals surface area contributed by atoms with Gasteiger partial charge in [0.25, 0.3) is 0 Å². The van der Waals surface area contributed by atoms with Crippen molar-refractivity contribution in [1.29, 1.82) is 0 Å². The molecule has 8 nitrogen and oxygen atoms in total. The van der Waals surface area contributed by atoms with Crippen LogP contribution in [-0.2, 0) is 11.3 Å². The second kappa shape index (κ2) is 8.34. The molecule has 0 aliphatic carbocycles. The van der Waals surface area contributed by atoms with Gasteiger partial charge in [-0.25, -0.2) is 4.98 Å². The van der Waals surface area contributed by atoms with Gasteiger partial charge in [0, 0.05) is 42.8 Å². The molecule has 5 N–H and O–H groups in total. The normalized spacial score (nSPS) is 19.8. The largest absolute Gasteiger partial charge is 0.497 e. The van der Waals surface area contributed by atoms with Crippen LogP contribution in [0.25, 0.3) is 10.9 Å². The molecule has 0 atom stereocenters. The minimum absolute atomic E-state index is 0.229. The van der Waals surface area contributed by atoms with Crippen molar-refractivity contribution in [1.82, 2.24) is 4.98 Å². The van der Waals surface area contributed by atoms with Crippen LogP contribution in [0, 0.1) is 6.92 Å². The maximum atomic E-state index is 10.9. The molecule has 5 rings (SSSR count). The molecule has 3 heterocycles. The number of aryl methyl sites for hydroxylation is 1. The Balaban J connectivity index is 1.52. The Morgan fingerprint density at radius 3 is 2.76 bits per heavy atom. The molecule has 2 aromatic carbocycles. The van der Waals surface area contributed by atoms with Crippen LogP contribution in [0.3, 0.4) is 0 Å². The van der Waals surface area contributed by atoms with E-state index in [1.54, 1.807) is 13.2 Å². The molecule has 0 bridgehead atoms. The minimum atomic E-state index is -2.93. The maximum absolute atomic E-state index is 10.9. The number of ether oxygens (including phenoxy) is 2. The van der Waals surface area contributed by atoms with Crippen molar-refractivity contribution < 1.29 is 18.6 Å². The van der Waals surface area contributed by atoms with Gasteiger partial charge in [-0.2, -0.15) is 10.6 Å². The highest BCUT2D eigenvalue weighted by Gasteiger charge is 2.34. The lowest BCUT2D eigenvalue weighted by Crippen LogP contribution is -2.61. The fourth-order valence-corrected chi connectivity index (χ4v) is 5.85. The first-order chi connectivity index (χ1) is 15.8. The predicted octanol–water partition coefficient (Wildman–Crippen LogP) is 3.82. The van der Waals surface area contributed by atoms with Crippen LogP contribution in [0.15, 0.2) is 47.4 Å². The summed E-state index contributed by atoms with van der Waals surface area (Å²) in [6.07, 6.45) is 0. The molecule has 0 unspecified atom stereocenters. The van der Waals surface area contributed by atoms with Crippen molar-refractivity contribution in [2.24, 2.45) is 5.73 Å². The van der Waals surface area contributed by atoms with Gasteiger partial charge in [0.2, 0.25) is 0 Å². The monoisotopic (exact) mass is 470 g/mol. The highest BCUT2D eigenvalue weighted by atomic mass is 32.3. The summed E-state index contributed by atoms with van der Waals surface area (Å²) in [6.45, 7) is 4.73. The number of nitrogens with one attached hydrogen (secondary N) is 1. The smallest absolute Gasteiger partial charge is 0.131 e. The molecule has 0 saturated carbocycles. The molecule has 0 radical (unpaired) electrons. The summed E-state index contributed by atoms with van der Waals surface area (Å²) >= 11 is 0. The number of rotatable bonds is 5. The fourth-order valence-electron chi connectivity index (χ4n) is 4.30. The Morgan fingerprint density at radius 2 is 2.03 bits per heavy atom. The van der Waals surface area contributed by atoms with Crippen LogP contribution in [0.4, 0.5) is 11.5 Å². The van der Waals surface area contributed by atoms with Gasteiger partial charge in [0.05, 0.1) is 42.0 Å². The Hall–Kier alpha value is -2.56. The third-order valence-electron chi connectivity index (χ3n) is 6.32. The molecule has 0 amide bonds. The van der Waals surface area contributed by atoms with Crippen molar-refractivity contribution in [3.8, 4) is 5.75 Å². The molecule has 1 aromatic heterocycles. The number of nitrogens with two attached hydrogens (primary N) is 1. The van der Waals surface area contributed by atoms with E-state index in [4.69, 9.17) is 20.2 Å². The van der Waals surface area contributed by atoms with Gasteiger partial charge in [-0.3, -0.25) is 9.11 Å². The number of fused-ring (bicyclic) bond motifs is 2. The summed E-state index contributed by atoms with van der Waals surface area (Å²) in [7, 11) is -1.35. The summed E-state index contributed by atoms with van der Waals surface area (Å²) in [5.41, 5.74) is 9.84. The maximum Gasteiger partial charge on any atom is 0.131 e. The van der Waals surface area contributed by atoms with Crippen LogP contribution >= 0.6 is 10.6 Å². The molecule has 2 aliphatic rings. The van der Waals surface area contributed by atoms with E-state index in [0.717, 1.165) is 33.5 Å². The van der Waals surface area contributed by atoms with Gasteiger partial charge in [-0.05, 0) is 30.7 Å². The van der Waals surface area contributed by atoms with Gasteiger partial charge in [-0.15, -0.1) is 0 Å². The molecule has 0 spiro atoms. The molecule has 1 fully saturated rings. The van der Waals surface area contributed by atoms with E-state index in [1.165, 1.54) is 0 Å². The number of aromatic nitrogens is 1. The molecular formula is C24H30N4O4S. The van der Waals surface area contributed by atoms with Crippen molar-refractivity contribution in [3.63, 3.8) is 0 Å². The molecular weight excluding hydrogens is 440 g/mol. The van der Waals surface area contributed by atoms with Crippen molar-refractivity contribution >= 4 is 33.0 Å². The summed E-state index contributed by atoms with van der Waals surface area (Å²) in [4.78, 5) is 7.58. The first-order valence-corrected chi connectivity index (χ1v) is 12.7. The zero-order chi connectivity index (χ0) is 23.2. The Bertz CT molecular complexity index is 1200. The third kappa shape index (κ3) is 4.34. The number of nitrogens with zero attached hydrogens (tertiary/aromatic N) is 2. The van der Waals surface area contributed by atoms with Gasteiger partial charge >= 0.3 is 0 Å². The van der Waals surface area contributed by atoms with Crippen LogP contribution in [0.5, 0.6) is 5.75 Å². The lowest BCUT2D eigenvalue weighted by atomic mass is 9.99. The van der Waals surface area contributed by atoms with Gasteiger partial charge in [-0.1, -0.05) is 17.7 Å². The molecule has 2 aliphatic heterocycles. The van der Waals surface area contributed by atoms with Crippen LogP contribution in [-0.4, -0.2) is 58.8 Å². The summed E-state index contributed by atoms with van der Waals surface area (Å²) < 4.78 is 32.3. The number of hydrogen-bond donors (Lipinski definition) is 4. The molecule has 33 heavy (non-hydrogen) atoms. The SMILES string of the molecule is COc1ccc2c(c1)S(O)(O)CCN(c1cc(NCC3(N)COC3)c3cc(C)ccc3n1)C2. The van der Waals surface area contributed by atoms with Crippen LogP contribution in [0.2, 0.25) is 0 Å². The summed E-state index contributed by atoms with van der Waals surface area (Å²) in [6, 6.07) is 13.7. The highest BCUT2D eigenvalue weighted by Crippen LogP contribution is 2.52. The first kappa shape index (κ1) is 22.2. The number of pyridine rings is 1. The number of hydrogen-bond acceptors (Lipinski definition) is 8. The van der Waals surface area contributed by atoms with Crippen LogP contribution < -0.4 is 20.7 Å². The topological polar surface area (TPSA) is 113 Å². The number of benzene rings is 2. The van der Waals surface area contributed by atoms with Gasteiger partial charge < -0.3 is 25.4 Å². The van der Waals surface area contributed by atoms with Crippen molar-refractivity contribution in [2.75, 3.05) is 49.4 Å². The van der Waals surface area contributed by atoms with Crippen molar-refractivity contribution in [2.45, 2.75) is 23.9 Å². The van der Waals surface area contributed by atoms with Gasteiger partial charge in [0.15, 0.2) is 0 Å². The number of anilines is 2. The zero-order valence-corrected chi connectivity index (χ0v) is 19.7. The third-order valence-corrected chi connectivity index (χ3v) is 8.15. The zero-order valence-electron chi connectivity index (χ0n) is 18.9. The second-order valence-corrected chi connectivity index (χ2v) is 11.2. The highest BCUT2D eigenvalue weighted by molar-refractivity contribution is 8.24. The fraction of sp³-hybridized carbons (Fsp3) is 0.375. The van der Waals surface area contributed by atoms with E-state index in [2.05, 4.69) is 23.2 Å². The van der Waals surface area contributed by atoms with E-state index in [0.29, 0.717) is 43.5 Å². The lowest BCUT2D eigenvalue weighted by Gasteiger charge is -2.38. The van der Waals surface area contributed by atoms with E-state index in [-0.39, 0.29) is 11.3 Å². The lowest BCUT2D eigenvalue weighted by molar-refractivity contribution is -0.0461. The van der Waals surface area contributed by atoms with E-state index >= 15 is 0 Å². The van der Waals surface area contributed by atoms with Crippen LogP contribution in [0.1, 0.15) is 11.1 Å². The molecule has 1 saturated heterocycles. The summed E-state index contributed by atoms with van der Waals surface area (Å²) in [5.74, 6) is 1.62. The Labute approximate surface area is 195 Å². The molecule has 9 heteroatoms. The minimum Gasteiger partial charge on any atom is -0.497 e. The molecule has 3 aromatic rings. The number of methoxy groups -OCH3 is 1. The standard InChI is InChI=1S/C24H30N4O4S/c1-16-3-6-20-19(9-16)21(26-13-24(25)14-32-15-24)11-23(27-20)28-7-8-33(29,30)22-10-18(31-2)5-4-17(22)12-28/h3-6,9-11,29-30H,7-8,12-15,25H2,1-2H3,(H,26,27). The summed E-state index contributed by atoms with van der Waals surface area (Å²) in [5, 5.41) is 4.56. The average molecular weight is 471 g/mol. The van der Waals surface area contributed by atoms with E-state index < -0.39 is 10.6 Å². The second-order valence-electron chi connectivity index (χ2n) is 9.02. The molecule has 176 valence electrons. The van der Waals surface area contributed by atoms with E-state index in [9.17, 15) is 9.11 Å².